The van der Waals surface area contributed by atoms with Gasteiger partial charge in [-0.15, -0.1) is 0 Å². The number of carbonyl (C=O) groups is 1. The van der Waals surface area contributed by atoms with Crippen LogP contribution in [0.1, 0.15) is 21.5 Å². The number of nitrogens with two attached hydrogens (primary N) is 1. The van der Waals surface area contributed by atoms with E-state index in [1.807, 2.05) is 84.9 Å². The minimum absolute atomic E-state index is 0.454. The van der Waals surface area contributed by atoms with E-state index in [0.29, 0.717) is 23.7 Å². The maximum absolute atomic E-state index is 12.3. The molecule has 0 aliphatic carbocycles. The predicted octanol–water partition coefficient (Wildman–Crippen LogP) is 7.64. The molecule has 0 bridgehead atoms. The van der Waals surface area contributed by atoms with Crippen molar-refractivity contribution in [2.45, 2.75) is 13.2 Å². The smallest absolute Gasteiger partial charge is 0.249 e. The number of amides is 1. The molecule has 1 heterocycles. The van der Waals surface area contributed by atoms with Crippen LogP contribution in [0.2, 0.25) is 5.02 Å². The normalized spacial score (nSPS) is 11.2. The van der Waals surface area contributed by atoms with Crippen molar-refractivity contribution >= 4 is 39.3 Å². The number of fused-ring (bicyclic) bond motifs is 3. The topological polar surface area (TPSA) is 57.2 Å². The van der Waals surface area contributed by atoms with Crippen LogP contribution in [-0.2, 0) is 13.2 Å². The van der Waals surface area contributed by atoms with E-state index >= 15 is 0 Å². The number of rotatable bonds is 7. The molecule has 185 valence electrons. The molecule has 1 aromatic heterocycles. The van der Waals surface area contributed by atoms with Crippen molar-refractivity contribution < 1.29 is 9.53 Å². The lowest BCUT2D eigenvalue weighted by molar-refractivity contribution is 0.100. The minimum Gasteiger partial charge on any atom is -0.489 e. The van der Waals surface area contributed by atoms with Crippen LogP contribution >= 0.6 is 11.6 Å². The van der Waals surface area contributed by atoms with E-state index in [1.165, 1.54) is 0 Å². The molecule has 4 nitrogen and oxygen atoms in total. The molecule has 0 saturated heterocycles. The number of aromatic nitrogens is 1. The summed E-state index contributed by atoms with van der Waals surface area (Å²) < 4.78 is 8.18. The first-order valence-corrected chi connectivity index (χ1v) is 12.7. The molecule has 38 heavy (non-hydrogen) atoms. The van der Waals surface area contributed by atoms with Crippen molar-refractivity contribution in [2.75, 3.05) is 0 Å². The van der Waals surface area contributed by atoms with E-state index in [2.05, 4.69) is 28.8 Å². The second kappa shape index (κ2) is 10.1. The lowest BCUT2D eigenvalue weighted by Crippen LogP contribution is -2.11. The van der Waals surface area contributed by atoms with Crippen molar-refractivity contribution in [1.29, 1.82) is 0 Å². The van der Waals surface area contributed by atoms with Gasteiger partial charge >= 0.3 is 0 Å². The Hall–Kier alpha value is -4.54. The number of ether oxygens (including phenoxy) is 1. The highest BCUT2D eigenvalue weighted by molar-refractivity contribution is 6.30. The molecule has 0 aliphatic rings. The zero-order valence-electron chi connectivity index (χ0n) is 20.5. The van der Waals surface area contributed by atoms with Crippen LogP contribution < -0.4 is 10.5 Å². The zero-order chi connectivity index (χ0) is 26.1. The number of hydrogen-bond acceptors (Lipinski definition) is 2. The fraction of sp³-hybridized carbons (Fsp3) is 0.0606. The van der Waals surface area contributed by atoms with Crippen LogP contribution in [0.25, 0.3) is 32.9 Å². The van der Waals surface area contributed by atoms with E-state index in [9.17, 15) is 4.79 Å². The molecule has 0 spiro atoms. The Kier molecular flexibility index (Phi) is 6.32. The first kappa shape index (κ1) is 23.8. The lowest BCUT2D eigenvalue weighted by Gasteiger charge is -2.11. The Labute approximate surface area is 225 Å². The van der Waals surface area contributed by atoms with E-state index < -0.39 is 5.91 Å². The first-order chi connectivity index (χ1) is 18.6. The second-order valence-electron chi connectivity index (χ2n) is 9.22. The molecule has 0 atom stereocenters. The number of primary amides is 1. The summed E-state index contributed by atoms with van der Waals surface area (Å²) in [5, 5.41) is 2.38. The second-order valence-corrected chi connectivity index (χ2v) is 9.66. The molecule has 1 radical (unpaired) electrons. The SMILES string of the molecule is NC(=O)c1cccc2c1c1[c]cc(-c3ccc(Cl)cc3)cc1n2Cc1ccc(OCc2ccccc2)cc1. The Bertz CT molecular complexity index is 1760. The summed E-state index contributed by atoms with van der Waals surface area (Å²) in [4.78, 5) is 12.3. The number of carbonyl (C=O) groups excluding carboxylic acids is 1. The van der Waals surface area contributed by atoms with E-state index in [1.54, 1.807) is 6.07 Å². The predicted molar refractivity (Wildman–Crippen MR) is 154 cm³/mol. The van der Waals surface area contributed by atoms with Crippen molar-refractivity contribution in [2.24, 2.45) is 5.73 Å². The average molecular weight is 516 g/mol. The maximum atomic E-state index is 12.3. The molecule has 1 amide bonds. The summed E-state index contributed by atoms with van der Waals surface area (Å²) in [6, 6.07) is 39.2. The van der Waals surface area contributed by atoms with Gasteiger partial charge in [0.25, 0.3) is 0 Å². The van der Waals surface area contributed by atoms with Crippen LogP contribution in [0.15, 0.2) is 109 Å². The summed E-state index contributed by atoms with van der Waals surface area (Å²) in [5.74, 6) is 0.360. The summed E-state index contributed by atoms with van der Waals surface area (Å²) in [6.45, 7) is 1.13. The van der Waals surface area contributed by atoms with Gasteiger partial charge in [-0.2, -0.15) is 0 Å². The summed E-state index contributed by atoms with van der Waals surface area (Å²) in [7, 11) is 0. The molecule has 6 aromatic rings. The van der Waals surface area contributed by atoms with Gasteiger partial charge in [-0.25, -0.2) is 0 Å². The highest BCUT2D eigenvalue weighted by atomic mass is 35.5. The third-order valence-electron chi connectivity index (χ3n) is 6.75. The number of nitrogens with zero attached hydrogens (tertiary/aromatic N) is 1. The Morgan fingerprint density at radius 1 is 0.816 bits per heavy atom. The fourth-order valence-electron chi connectivity index (χ4n) is 4.85. The highest BCUT2D eigenvalue weighted by Crippen LogP contribution is 2.35. The molecule has 6 rings (SSSR count). The summed E-state index contributed by atoms with van der Waals surface area (Å²) in [5.41, 5.74) is 12.5. The minimum atomic E-state index is -0.454. The molecule has 0 saturated carbocycles. The first-order valence-electron chi connectivity index (χ1n) is 12.3. The third kappa shape index (κ3) is 4.62. The largest absolute Gasteiger partial charge is 0.489 e. The van der Waals surface area contributed by atoms with E-state index in [4.69, 9.17) is 22.1 Å². The van der Waals surface area contributed by atoms with Gasteiger partial charge in [-0.05, 0) is 76.9 Å². The van der Waals surface area contributed by atoms with Crippen molar-refractivity contribution in [3.63, 3.8) is 0 Å². The van der Waals surface area contributed by atoms with Gasteiger partial charge in [0.15, 0.2) is 0 Å². The van der Waals surface area contributed by atoms with Crippen LogP contribution in [-0.4, -0.2) is 10.5 Å². The van der Waals surface area contributed by atoms with Crippen LogP contribution in [0, 0.1) is 6.07 Å². The van der Waals surface area contributed by atoms with Gasteiger partial charge in [0.1, 0.15) is 12.4 Å². The third-order valence-corrected chi connectivity index (χ3v) is 7.00. The van der Waals surface area contributed by atoms with Crippen molar-refractivity contribution in [3.8, 4) is 16.9 Å². The van der Waals surface area contributed by atoms with E-state index in [-0.39, 0.29) is 0 Å². The average Bonchev–Trinajstić information content (AvgIpc) is 3.26. The summed E-state index contributed by atoms with van der Waals surface area (Å²) >= 11 is 6.11. The van der Waals surface area contributed by atoms with Gasteiger partial charge < -0.3 is 15.0 Å². The lowest BCUT2D eigenvalue weighted by atomic mass is 10.0. The fourth-order valence-corrected chi connectivity index (χ4v) is 4.98. The van der Waals surface area contributed by atoms with Gasteiger partial charge in [0.05, 0.1) is 11.0 Å². The van der Waals surface area contributed by atoms with Gasteiger partial charge in [-0.3, -0.25) is 4.79 Å². The number of benzene rings is 5. The zero-order valence-corrected chi connectivity index (χ0v) is 21.3. The molecule has 5 heteroatoms. The number of hydrogen-bond donors (Lipinski definition) is 1. The van der Waals surface area contributed by atoms with Crippen LogP contribution in [0.4, 0.5) is 0 Å². The van der Waals surface area contributed by atoms with Crippen molar-refractivity contribution in [1.82, 2.24) is 4.57 Å². The quantitative estimate of drug-likeness (QED) is 0.237. The Morgan fingerprint density at radius 3 is 2.32 bits per heavy atom. The van der Waals surface area contributed by atoms with Gasteiger partial charge in [0.2, 0.25) is 5.91 Å². The Morgan fingerprint density at radius 2 is 1.58 bits per heavy atom. The monoisotopic (exact) mass is 515 g/mol. The molecular formula is C33H24ClN2O2. The molecule has 0 unspecified atom stereocenters. The molecule has 5 aromatic carbocycles. The molecule has 0 fully saturated rings. The van der Waals surface area contributed by atoms with Gasteiger partial charge in [-0.1, -0.05) is 72.3 Å². The molecule has 2 N–H and O–H groups in total. The van der Waals surface area contributed by atoms with Gasteiger partial charge in [0, 0.05) is 27.9 Å². The molecular weight excluding hydrogens is 492 g/mol. The van der Waals surface area contributed by atoms with Crippen LogP contribution in [0.3, 0.4) is 0 Å². The molecule has 0 aliphatic heterocycles. The standard InChI is InChI=1S/C33H24ClN2O2/c34-26-14-11-24(12-15-26)25-13-18-28-31(19-25)36(30-8-4-7-29(32(28)30)33(35)37)20-22-9-16-27(17-10-22)38-21-23-5-2-1-3-6-23/h1-17,19H,20-21H2,(H2,35,37). The number of halogens is 1. The summed E-state index contributed by atoms with van der Waals surface area (Å²) in [6.07, 6.45) is 0. The Balaban J connectivity index is 1.39. The van der Waals surface area contributed by atoms with Crippen molar-refractivity contribution in [3.05, 3.63) is 137 Å². The highest BCUT2D eigenvalue weighted by Gasteiger charge is 2.17. The van der Waals surface area contributed by atoms with E-state index in [0.717, 1.165) is 49.8 Å². The van der Waals surface area contributed by atoms with Crippen LogP contribution in [0.5, 0.6) is 5.75 Å². The maximum Gasteiger partial charge on any atom is 0.249 e.